The van der Waals surface area contributed by atoms with Crippen molar-refractivity contribution < 1.29 is 4.74 Å². The Kier molecular flexibility index (Phi) is 8.41. The molecule has 0 amide bonds. The molecule has 0 bridgehead atoms. The number of fused-ring (bicyclic) bond motifs is 1. The molecule has 1 heterocycles. The lowest BCUT2D eigenvalue weighted by atomic mass is 10.2. The highest BCUT2D eigenvalue weighted by molar-refractivity contribution is 5.79. The minimum absolute atomic E-state index is 0.569. The van der Waals surface area contributed by atoms with Crippen LogP contribution in [0.1, 0.15) is 33.0 Å². The van der Waals surface area contributed by atoms with Gasteiger partial charge in [0.05, 0.1) is 17.6 Å². The van der Waals surface area contributed by atoms with Gasteiger partial charge >= 0.3 is 0 Å². The summed E-state index contributed by atoms with van der Waals surface area (Å²) in [4.78, 5) is 9.28. The maximum Gasteiger partial charge on any atom is 0.191 e. The van der Waals surface area contributed by atoms with E-state index < -0.39 is 0 Å². The lowest BCUT2D eigenvalue weighted by Gasteiger charge is -2.12. The largest absolute Gasteiger partial charge is 0.379 e. The Morgan fingerprint density at radius 2 is 2.08 bits per heavy atom. The number of aliphatic imine (C=N–C) groups is 1. The molecule has 2 rings (SSSR count). The highest BCUT2D eigenvalue weighted by Crippen LogP contribution is 2.15. The van der Waals surface area contributed by atoms with E-state index in [1.807, 2.05) is 6.07 Å². The molecule has 6 heteroatoms. The van der Waals surface area contributed by atoms with Gasteiger partial charge in [0.2, 0.25) is 0 Å². The van der Waals surface area contributed by atoms with Gasteiger partial charge in [0.25, 0.3) is 0 Å². The second-order valence-electron chi connectivity index (χ2n) is 6.81. The van der Waals surface area contributed by atoms with Crippen LogP contribution in [0.2, 0.25) is 0 Å². The molecule has 0 aliphatic rings. The summed E-state index contributed by atoms with van der Waals surface area (Å²) < 4.78 is 7.87. The summed E-state index contributed by atoms with van der Waals surface area (Å²) in [5.74, 6) is 2.48. The first-order valence-corrected chi connectivity index (χ1v) is 9.63. The van der Waals surface area contributed by atoms with Crippen LogP contribution in [0, 0.1) is 12.8 Å². The molecule has 0 aliphatic carbocycles. The van der Waals surface area contributed by atoms with Gasteiger partial charge in [-0.2, -0.15) is 0 Å². The third kappa shape index (κ3) is 6.33. The molecular weight excluding hydrogens is 326 g/mol. The molecule has 0 aliphatic heterocycles. The van der Waals surface area contributed by atoms with E-state index in [0.29, 0.717) is 12.5 Å². The number of para-hydroxylation sites is 2. The predicted molar refractivity (Wildman–Crippen MR) is 109 cm³/mol. The number of nitrogens with one attached hydrogen (secondary N) is 2. The summed E-state index contributed by atoms with van der Waals surface area (Å²) in [6, 6.07) is 8.28. The smallest absolute Gasteiger partial charge is 0.191 e. The molecular formula is C20H33N5O. The average molecular weight is 360 g/mol. The van der Waals surface area contributed by atoms with E-state index >= 15 is 0 Å². The minimum Gasteiger partial charge on any atom is -0.379 e. The molecule has 2 aromatic rings. The lowest BCUT2D eigenvalue weighted by molar-refractivity contribution is 0.114. The van der Waals surface area contributed by atoms with E-state index in [4.69, 9.17) is 4.74 Å². The molecule has 1 aromatic heterocycles. The van der Waals surface area contributed by atoms with Crippen LogP contribution in [0.4, 0.5) is 0 Å². The number of hydrogen-bond donors (Lipinski definition) is 2. The van der Waals surface area contributed by atoms with Crippen LogP contribution in [-0.4, -0.2) is 48.4 Å². The maximum atomic E-state index is 5.60. The van der Waals surface area contributed by atoms with Gasteiger partial charge in [0.15, 0.2) is 5.96 Å². The van der Waals surface area contributed by atoms with Gasteiger partial charge in [0, 0.05) is 32.8 Å². The molecule has 1 aromatic carbocycles. The Balaban J connectivity index is 1.79. The number of guanidine groups is 1. The summed E-state index contributed by atoms with van der Waals surface area (Å²) in [5, 5.41) is 6.60. The van der Waals surface area contributed by atoms with Crippen LogP contribution in [0.25, 0.3) is 11.0 Å². The highest BCUT2D eigenvalue weighted by Gasteiger charge is 2.05. The van der Waals surface area contributed by atoms with Crippen LogP contribution in [-0.2, 0) is 11.3 Å². The zero-order valence-corrected chi connectivity index (χ0v) is 16.6. The topological polar surface area (TPSA) is 63.5 Å². The third-order valence-electron chi connectivity index (χ3n) is 3.99. The van der Waals surface area contributed by atoms with E-state index in [0.717, 1.165) is 56.5 Å². The molecule has 6 nitrogen and oxygen atoms in total. The van der Waals surface area contributed by atoms with Crippen molar-refractivity contribution >= 4 is 17.0 Å². The number of aromatic nitrogens is 2. The molecule has 26 heavy (non-hydrogen) atoms. The van der Waals surface area contributed by atoms with E-state index in [1.165, 1.54) is 5.52 Å². The first kappa shape index (κ1) is 20.2. The molecule has 0 unspecified atom stereocenters. The Morgan fingerprint density at radius 1 is 1.27 bits per heavy atom. The van der Waals surface area contributed by atoms with Crippen molar-refractivity contribution in [2.24, 2.45) is 10.9 Å². The van der Waals surface area contributed by atoms with Crippen molar-refractivity contribution in [3.63, 3.8) is 0 Å². The summed E-state index contributed by atoms with van der Waals surface area (Å²) in [6.45, 7) is 13.3. The lowest BCUT2D eigenvalue weighted by Crippen LogP contribution is -2.39. The SMILES string of the molecule is CCNC(=NCCCn1c(C)nc2ccccc21)NCCOCC(C)C. The average Bonchev–Trinajstić information content (AvgIpc) is 2.93. The fraction of sp³-hybridized carbons (Fsp3) is 0.600. The number of nitrogens with zero attached hydrogens (tertiary/aromatic N) is 3. The first-order chi connectivity index (χ1) is 12.6. The molecule has 0 atom stereocenters. The zero-order valence-electron chi connectivity index (χ0n) is 16.6. The van der Waals surface area contributed by atoms with E-state index in [1.54, 1.807) is 0 Å². The number of imidazole rings is 1. The minimum atomic E-state index is 0.569. The van der Waals surface area contributed by atoms with Crippen molar-refractivity contribution in [2.45, 2.75) is 40.7 Å². The van der Waals surface area contributed by atoms with Crippen molar-refractivity contribution in [3.8, 4) is 0 Å². The summed E-state index contributed by atoms with van der Waals surface area (Å²) in [5.41, 5.74) is 2.26. The number of rotatable bonds is 10. The second kappa shape index (κ2) is 10.8. The zero-order chi connectivity index (χ0) is 18.8. The standard InChI is InChI=1S/C20H33N5O/c1-5-21-20(23-12-14-26-15-16(2)3)22-11-8-13-25-17(4)24-18-9-6-7-10-19(18)25/h6-7,9-10,16H,5,8,11-15H2,1-4H3,(H2,21,22,23). The van der Waals surface area contributed by atoms with Gasteiger partial charge in [0.1, 0.15) is 5.82 Å². The Morgan fingerprint density at radius 3 is 2.85 bits per heavy atom. The monoisotopic (exact) mass is 359 g/mol. The number of hydrogen-bond acceptors (Lipinski definition) is 3. The number of ether oxygens (including phenoxy) is 1. The predicted octanol–water partition coefficient (Wildman–Crippen LogP) is 2.96. The normalized spacial score (nSPS) is 12.1. The Bertz CT molecular complexity index is 693. The maximum absolute atomic E-state index is 5.60. The van der Waals surface area contributed by atoms with Crippen LogP contribution in [0.5, 0.6) is 0 Å². The van der Waals surface area contributed by atoms with Gasteiger partial charge in [-0.15, -0.1) is 0 Å². The van der Waals surface area contributed by atoms with Crippen molar-refractivity contribution in [1.82, 2.24) is 20.2 Å². The number of benzene rings is 1. The summed E-state index contributed by atoms with van der Waals surface area (Å²) in [7, 11) is 0. The summed E-state index contributed by atoms with van der Waals surface area (Å²) in [6.07, 6.45) is 0.974. The fourth-order valence-corrected chi connectivity index (χ4v) is 2.80. The van der Waals surface area contributed by atoms with Crippen molar-refractivity contribution in [3.05, 3.63) is 30.1 Å². The van der Waals surface area contributed by atoms with E-state index in [-0.39, 0.29) is 0 Å². The Labute approximate surface area is 157 Å². The Hall–Kier alpha value is -2.08. The fourth-order valence-electron chi connectivity index (χ4n) is 2.80. The van der Waals surface area contributed by atoms with E-state index in [2.05, 4.69) is 71.1 Å². The van der Waals surface area contributed by atoms with Crippen LogP contribution < -0.4 is 10.6 Å². The molecule has 2 N–H and O–H groups in total. The second-order valence-corrected chi connectivity index (χ2v) is 6.81. The van der Waals surface area contributed by atoms with Gasteiger partial charge in [-0.05, 0) is 38.3 Å². The van der Waals surface area contributed by atoms with Crippen molar-refractivity contribution in [2.75, 3.05) is 32.8 Å². The molecule has 0 spiro atoms. The molecule has 144 valence electrons. The molecule has 0 fully saturated rings. The van der Waals surface area contributed by atoms with E-state index in [9.17, 15) is 0 Å². The van der Waals surface area contributed by atoms with Gasteiger partial charge in [-0.1, -0.05) is 26.0 Å². The molecule has 0 saturated heterocycles. The van der Waals surface area contributed by atoms with Gasteiger partial charge in [-0.3, -0.25) is 4.99 Å². The highest BCUT2D eigenvalue weighted by atomic mass is 16.5. The third-order valence-corrected chi connectivity index (χ3v) is 3.99. The summed E-state index contributed by atoms with van der Waals surface area (Å²) >= 11 is 0. The van der Waals surface area contributed by atoms with Gasteiger partial charge < -0.3 is 19.9 Å². The quantitative estimate of drug-likeness (QED) is 0.389. The molecule has 0 radical (unpaired) electrons. The first-order valence-electron chi connectivity index (χ1n) is 9.63. The van der Waals surface area contributed by atoms with Crippen molar-refractivity contribution in [1.29, 1.82) is 0 Å². The molecule has 0 saturated carbocycles. The number of aryl methyl sites for hydroxylation is 2. The van der Waals surface area contributed by atoms with Crippen LogP contribution in [0.3, 0.4) is 0 Å². The van der Waals surface area contributed by atoms with Crippen LogP contribution in [0.15, 0.2) is 29.3 Å². The van der Waals surface area contributed by atoms with Crippen LogP contribution >= 0.6 is 0 Å². The van der Waals surface area contributed by atoms with Gasteiger partial charge in [-0.25, -0.2) is 4.98 Å².